The van der Waals surface area contributed by atoms with E-state index < -0.39 is 0 Å². The van der Waals surface area contributed by atoms with Gasteiger partial charge in [-0.1, -0.05) is 20.8 Å². The van der Waals surface area contributed by atoms with Crippen molar-refractivity contribution >= 4 is 11.9 Å². The lowest BCUT2D eigenvalue weighted by Gasteiger charge is -2.65. The first-order valence-electron chi connectivity index (χ1n) is 12.0. The first-order chi connectivity index (χ1) is 14.1. The molecular formula is C25H40O5. The number of rotatable bonds is 3. The fraction of sp³-hybridized carbons (Fsp3) is 0.920. The van der Waals surface area contributed by atoms with E-state index in [1.165, 1.54) is 20.3 Å². The first-order valence-corrected chi connectivity index (χ1v) is 12.0. The molecule has 30 heavy (non-hydrogen) atoms. The maximum atomic E-state index is 11.7. The Balaban J connectivity index is 1.62. The Morgan fingerprint density at radius 2 is 1.50 bits per heavy atom. The van der Waals surface area contributed by atoms with Gasteiger partial charge in [-0.25, -0.2) is 0 Å². The summed E-state index contributed by atoms with van der Waals surface area (Å²) < 4.78 is 11.5. The number of aliphatic hydroxyl groups is 1. The van der Waals surface area contributed by atoms with Crippen LogP contribution in [0.15, 0.2) is 0 Å². The van der Waals surface area contributed by atoms with Crippen LogP contribution in [0.5, 0.6) is 0 Å². The van der Waals surface area contributed by atoms with Crippen LogP contribution in [0.4, 0.5) is 0 Å². The van der Waals surface area contributed by atoms with Gasteiger partial charge in [0.05, 0.1) is 0 Å². The van der Waals surface area contributed by atoms with Gasteiger partial charge in [0.1, 0.15) is 12.2 Å². The average Bonchev–Trinajstić information content (AvgIpc) is 2.99. The van der Waals surface area contributed by atoms with Crippen molar-refractivity contribution in [1.29, 1.82) is 0 Å². The first kappa shape index (κ1) is 22.1. The van der Waals surface area contributed by atoms with E-state index in [0.29, 0.717) is 23.7 Å². The highest BCUT2D eigenvalue weighted by Crippen LogP contribution is 2.69. The summed E-state index contributed by atoms with van der Waals surface area (Å²) in [5.41, 5.74) is -0.140. The average molecular weight is 421 g/mol. The van der Waals surface area contributed by atoms with Crippen molar-refractivity contribution in [2.75, 3.05) is 6.61 Å². The zero-order valence-electron chi connectivity index (χ0n) is 19.4. The summed E-state index contributed by atoms with van der Waals surface area (Å²) >= 11 is 0. The normalized spacial score (nSPS) is 46.9. The minimum atomic E-state index is -0.200. The van der Waals surface area contributed by atoms with E-state index in [0.717, 1.165) is 44.9 Å². The third-order valence-electron chi connectivity index (χ3n) is 10.1. The summed E-state index contributed by atoms with van der Waals surface area (Å²) in [4.78, 5) is 23.4. The maximum absolute atomic E-state index is 11.7. The summed E-state index contributed by atoms with van der Waals surface area (Å²) in [6, 6.07) is 0. The van der Waals surface area contributed by atoms with E-state index in [2.05, 4.69) is 20.8 Å². The Morgan fingerprint density at radius 1 is 0.833 bits per heavy atom. The number of carbonyl (C=O) groups is 2. The molecule has 0 aromatic rings. The van der Waals surface area contributed by atoms with Gasteiger partial charge >= 0.3 is 11.9 Å². The molecule has 1 N–H and O–H groups in total. The van der Waals surface area contributed by atoms with Crippen LogP contribution in [0.2, 0.25) is 0 Å². The van der Waals surface area contributed by atoms with Gasteiger partial charge in [0.2, 0.25) is 0 Å². The third-order valence-corrected chi connectivity index (χ3v) is 10.1. The van der Waals surface area contributed by atoms with Crippen LogP contribution in [0.25, 0.3) is 0 Å². The Kier molecular flexibility index (Phi) is 5.52. The third kappa shape index (κ3) is 3.13. The lowest BCUT2D eigenvalue weighted by atomic mass is 9.41. The van der Waals surface area contributed by atoms with Crippen molar-refractivity contribution in [3.63, 3.8) is 0 Å². The Bertz CT molecular complexity index is 702. The maximum Gasteiger partial charge on any atom is 0.302 e. The smallest absolute Gasteiger partial charge is 0.302 e. The van der Waals surface area contributed by atoms with Gasteiger partial charge in [-0.05, 0) is 75.0 Å². The molecule has 5 nitrogen and oxygen atoms in total. The molecule has 4 saturated carbocycles. The van der Waals surface area contributed by atoms with Gasteiger partial charge < -0.3 is 14.6 Å². The van der Waals surface area contributed by atoms with Gasteiger partial charge in [0.15, 0.2) is 0 Å². The van der Waals surface area contributed by atoms with Crippen LogP contribution in [0.1, 0.15) is 86.0 Å². The molecule has 5 heteroatoms. The quantitative estimate of drug-likeness (QED) is 0.681. The van der Waals surface area contributed by atoms with Crippen molar-refractivity contribution in [2.24, 2.45) is 39.9 Å². The van der Waals surface area contributed by atoms with Gasteiger partial charge in [-0.15, -0.1) is 0 Å². The molecule has 0 aromatic carbocycles. The van der Waals surface area contributed by atoms with Gasteiger partial charge in [-0.2, -0.15) is 0 Å². The Hall–Kier alpha value is -1.10. The molecule has 0 radical (unpaired) electrons. The molecule has 0 heterocycles. The highest BCUT2D eigenvalue weighted by atomic mass is 16.5. The molecule has 4 aliphatic carbocycles. The van der Waals surface area contributed by atoms with Gasteiger partial charge in [0, 0.05) is 36.7 Å². The fourth-order valence-electron chi connectivity index (χ4n) is 8.84. The highest BCUT2D eigenvalue weighted by Gasteiger charge is 2.65. The Labute approximate surface area is 181 Å². The van der Waals surface area contributed by atoms with E-state index in [9.17, 15) is 14.7 Å². The zero-order chi connectivity index (χ0) is 21.9. The summed E-state index contributed by atoms with van der Waals surface area (Å²) in [6.45, 7) is 10.1. The molecular weight excluding hydrogens is 380 g/mol. The second-order valence-electron chi connectivity index (χ2n) is 11.6. The molecule has 0 aliphatic heterocycles. The Morgan fingerprint density at radius 3 is 2.13 bits per heavy atom. The van der Waals surface area contributed by atoms with E-state index in [1.807, 2.05) is 0 Å². The van der Waals surface area contributed by atoms with E-state index in [1.54, 1.807) is 0 Å². The highest BCUT2D eigenvalue weighted by molar-refractivity contribution is 5.66. The second kappa shape index (κ2) is 7.50. The zero-order valence-corrected chi connectivity index (χ0v) is 19.4. The minimum absolute atomic E-state index is 0.0416. The van der Waals surface area contributed by atoms with Crippen LogP contribution in [-0.4, -0.2) is 35.9 Å². The van der Waals surface area contributed by atoms with E-state index in [-0.39, 0.29) is 47.0 Å². The number of esters is 2. The predicted octanol–water partition coefficient (Wildman–Crippen LogP) is 4.50. The number of fused-ring (bicyclic) bond motifs is 5. The van der Waals surface area contributed by atoms with E-state index >= 15 is 0 Å². The predicted molar refractivity (Wildman–Crippen MR) is 113 cm³/mol. The van der Waals surface area contributed by atoms with E-state index in [4.69, 9.17) is 9.47 Å². The molecule has 0 spiro atoms. The monoisotopic (exact) mass is 420 g/mol. The summed E-state index contributed by atoms with van der Waals surface area (Å²) in [5, 5.41) is 10.8. The molecule has 0 amide bonds. The van der Waals surface area contributed by atoms with Crippen molar-refractivity contribution in [3.05, 3.63) is 0 Å². The molecule has 0 saturated heterocycles. The summed E-state index contributed by atoms with van der Waals surface area (Å²) in [5.74, 6) is 1.67. The summed E-state index contributed by atoms with van der Waals surface area (Å²) in [6.07, 6.45) is 8.27. The van der Waals surface area contributed by atoms with Crippen molar-refractivity contribution in [1.82, 2.24) is 0 Å². The molecule has 0 aromatic heterocycles. The molecule has 4 fully saturated rings. The number of hydrogen-bond donors (Lipinski definition) is 1. The van der Waals surface area contributed by atoms with Crippen LogP contribution < -0.4 is 0 Å². The van der Waals surface area contributed by atoms with Crippen molar-refractivity contribution in [2.45, 2.75) is 98.2 Å². The van der Waals surface area contributed by atoms with Crippen molar-refractivity contribution in [3.8, 4) is 0 Å². The number of aliphatic hydroxyl groups excluding tert-OH is 1. The van der Waals surface area contributed by atoms with Crippen LogP contribution in [0.3, 0.4) is 0 Å². The van der Waals surface area contributed by atoms with Gasteiger partial charge in [-0.3, -0.25) is 9.59 Å². The van der Waals surface area contributed by atoms with Crippen LogP contribution in [-0.2, 0) is 19.1 Å². The molecule has 0 bridgehead atoms. The summed E-state index contributed by atoms with van der Waals surface area (Å²) in [7, 11) is 0. The number of ether oxygens (including phenoxy) is 2. The van der Waals surface area contributed by atoms with Crippen molar-refractivity contribution < 1.29 is 24.2 Å². The number of carbonyl (C=O) groups excluding carboxylic acids is 2. The van der Waals surface area contributed by atoms with Gasteiger partial charge in [0.25, 0.3) is 0 Å². The molecule has 170 valence electrons. The SMILES string of the molecule is CC(=O)OC1CCC2(CO)C3CCC4(C)C(OC(C)=O)CCC4C3CCC2C1(C)C. The largest absolute Gasteiger partial charge is 0.462 e. The lowest BCUT2D eigenvalue weighted by Crippen LogP contribution is -2.62. The fourth-order valence-corrected chi connectivity index (χ4v) is 8.84. The number of hydrogen-bond acceptors (Lipinski definition) is 5. The molecule has 8 unspecified atom stereocenters. The topological polar surface area (TPSA) is 72.8 Å². The molecule has 8 atom stereocenters. The standard InChI is InChI=1S/C25H40O5/c1-15(27)29-21-11-13-25(14-26)19-10-12-24(5)18(7-9-22(24)30-16(2)28)17(19)6-8-20(25)23(21,3)4/h17-22,26H,6-14H2,1-5H3. The molecule has 4 aliphatic rings. The van der Waals surface area contributed by atoms with Crippen LogP contribution >= 0.6 is 0 Å². The van der Waals surface area contributed by atoms with Crippen LogP contribution in [0, 0.1) is 39.9 Å². The second-order valence-corrected chi connectivity index (χ2v) is 11.6. The lowest BCUT2D eigenvalue weighted by molar-refractivity contribution is -0.212. The molecule has 4 rings (SSSR count). The minimum Gasteiger partial charge on any atom is -0.462 e.